The second-order valence-corrected chi connectivity index (χ2v) is 5.84. The largest absolute Gasteiger partial charge is 0.316 e. The molecule has 1 fully saturated rings. The molecule has 1 atom stereocenters. The van der Waals surface area contributed by atoms with Crippen molar-refractivity contribution in [1.29, 1.82) is 0 Å². The lowest BCUT2D eigenvalue weighted by Crippen LogP contribution is -2.29. The van der Waals surface area contributed by atoms with E-state index in [0.717, 1.165) is 48.7 Å². The summed E-state index contributed by atoms with van der Waals surface area (Å²) in [6.07, 6.45) is 3.73. The van der Waals surface area contributed by atoms with E-state index < -0.39 is 0 Å². The van der Waals surface area contributed by atoms with Gasteiger partial charge in [-0.2, -0.15) is 0 Å². The van der Waals surface area contributed by atoms with Gasteiger partial charge in [-0.15, -0.1) is 0 Å². The van der Waals surface area contributed by atoms with E-state index in [2.05, 4.69) is 5.32 Å². The fourth-order valence-corrected chi connectivity index (χ4v) is 3.34. The molecule has 0 radical (unpaired) electrons. The molecule has 3 nitrogen and oxygen atoms in total. The van der Waals surface area contributed by atoms with Crippen LogP contribution in [0.2, 0.25) is 5.02 Å². The first kappa shape index (κ1) is 12.9. The van der Waals surface area contributed by atoms with Gasteiger partial charge in [0.2, 0.25) is 5.91 Å². The maximum Gasteiger partial charge on any atom is 0.227 e. The molecule has 2 aliphatic heterocycles. The number of nitrogens with zero attached hydrogens (tertiary/aromatic N) is 1. The summed E-state index contributed by atoms with van der Waals surface area (Å²) in [7, 11) is 0. The van der Waals surface area contributed by atoms with Crippen molar-refractivity contribution in [3.05, 3.63) is 28.8 Å². The van der Waals surface area contributed by atoms with Crippen molar-refractivity contribution >= 4 is 23.2 Å². The Bertz CT molecular complexity index is 483. The quantitative estimate of drug-likeness (QED) is 0.922. The lowest BCUT2D eigenvalue weighted by Gasteiger charge is -2.18. The Morgan fingerprint density at radius 1 is 1.47 bits per heavy atom. The Labute approximate surface area is 118 Å². The van der Waals surface area contributed by atoms with E-state index in [1.165, 1.54) is 6.42 Å². The lowest BCUT2D eigenvalue weighted by molar-refractivity contribution is -0.118. The maximum absolute atomic E-state index is 12.3. The molecule has 1 amide bonds. The van der Waals surface area contributed by atoms with E-state index >= 15 is 0 Å². The number of benzene rings is 1. The number of hydrogen-bond acceptors (Lipinski definition) is 2. The first-order chi connectivity index (χ1) is 9.25. The van der Waals surface area contributed by atoms with Gasteiger partial charge in [0.05, 0.1) is 0 Å². The van der Waals surface area contributed by atoms with Crippen LogP contribution in [0.1, 0.15) is 24.8 Å². The number of rotatable bonds is 3. The van der Waals surface area contributed by atoms with Gasteiger partial charge in [-0.25, -0.2) is 0 Å². The first-order valence-electron chi connectivity index (χ1n) is 7.04. The summed E-state index contributed by atoms with van der Waals surface area (Å²) in [6.45, 7) is 2.94. The minimum absolute atomic E-state index is 0.243. The Morgan fingerprint density at radius 3 is 3.16 bits per heavy atom. The normalized spacial score (nSPS) is 21.7. The summed E-state index contributed by atoms with van der Waals surface area (Å²) in [4.78, 5) is 14.2. The molecule has 1 saturated heterocycles. The predicted molar refractivity (Wildman–Crippen MR) is 77.7 cm³/mol. The number of halogens is 1. The van der Waals surface area contributed by atoms with Crippen LogP contribution >= 0.6 is 11.6 Å². The Kier molecular flexibility index (Phi) is 3.76. The Hall–Kier alpha value is -1.06. The summed E-state index contributed by atoms with van der Waals surface area (Å²) < 4.78 is 0. The van der Waals surface area contributed by atoms with Crippen molar-refractivity contribution in [1.82, 2.24) is 5.32 Å². The fourth-order valence-electron chi connectivity index (χ4n) is 3.07. The minimum atomic E-state index is 0.243. The monoisotopic (exact) mass is 278 g/mol. The molecule has 0 aromatic heterocycles. The molecule has 102 valence electrons. The molecule has 2 heterocycles. The topological polar surface area (TPSA) is 32.3 Å². The van der Waals surface area contributed by atoms with Crippen molar-refractivity contribution in [2.75, 3.05) is 24.5 Å². The van der Waals surface area contributed by atoms with Crippen LogP contribution in [0.5, 0.6) is 0 Å². The zero-order valence-electron chi connectivity index (χ0n) is 11.0. The van der Waals surface area contributed by atoms with Gasteiger partial charge in [0.25, 0.3) is 0 Å². The number of fused-ring (bicyclic) bond motifs is 1. The smallest absolute Gasteiger partial charge is 0.227 e. The second-order valence-electron chi connectivity index (χ2n) is 5.43. The number of amides is 1. The summed E-state index contributed by atoms with van der Waals surface area (Å²) in [5.41, 5.74) is 2.14. The molecular weight excluding hydrogens is 260 g/mol. The van der Waals surface area contributed by atoms with Crippen LogP contribution in [-0.2, 0) is 11.2 Å². The van der Waals surface area contributed by atoms with Gasteiger partial charge in [0, 0.05) is 23.7 Å². The van der Waals surface area contributed by atoms with E-state index in [4.69, 9.17) is 11.6 Å². The molecular formula is C15H19ClN2O. The molecule has 3 rings (SSSR count). The molecule has 4 heteroatoms. The highest BCUT2D eigenvalue weighted by atomic mass is 35.5. The molecule has 0 saturated carbocycles. The van der Waals surface area contributed by atoms with Crippen molar-refractivity contribution in [2.24, 2.45) is 5.92 Å². The third-order valence-electron chi connectivity index (χ3n) is 4.20. The van der Waals surface area contributed by atoms with Crippen LogP contribution in [0, 0.1) is 5.92 Å². The Morgan fingerprint density at radius 2 is 2.37 bits per heavy atom. The van der Waals surface area contributed by atoms with Gasteiger partial charge in [-0.3, -0.25) is 4.79 Å². The van der Waals surface area contributed by atoms with Gasteiger partial charge < -0.3 is 10.2 Å². The van der Waals surface area contributed by atoms with Crippen LogP contribution < -0.4 is 10.2 Å². The highest BCUT2D eigenvalue weighted by Crippen LogP contribution is 2.33. The zero-order chi connectivity index (χ0) is 13.2. The third-order valence-corrected chi connectivity index (χ3v) is 4.55. The van der Waals surface area contributed by atoms with Crippen LogP contribution in [0.15, 0.2) is 18.2 Å². The lowest BCUT2D eigenvalue weighted by atomic mass is 10.0. The van der Waals surface area contributed by atoms with E-state index in [1.807, 2.05) is 23.1 Å². The zero-order valence-corrected chi connectivity index (χ0v) is 11.7. The molecule has 2 aliphatic rings. The van der Waals surface area contributed by atoms with E-state index in [-0.39, 0.29) is 5.91 Å². The molecule has 1 aromatic carbocycles. The average Bonchev–Trinajstić information content (AvgIpc) is 3.06. The van der Waals surface area contributed by atoms with Gasteiger partial charge in [0.1, 0.15) is 0 Å². The SMILES string of the molecule is O=C(CCC1CCNC1)N1CCc2c(Cl)cccc21. The van der Waals surface area contributed by atoms with Crippen LogP contribution in [0.25, 0.3) is 0 Å². The first-order valence-corrected chi connectivity index (χ1v) is 7.42. The van der Waals surface area contributed by atoms with Crippen molar-refractivity contribution in [2.45, 2.75) is 25.7 Å². The maximum atomic E-state index is 12.3. The van der Waals surface area contributed by atoms with Crippen LogP contribution in [0.4, 0.5) is 5.69 Å². The van der Waals surface area contributed by atoms with E-state index in [9.17, 15) is 4.79 Å². The number of nitrogens with one attached hydrogen (secondary N) is 1. The molecule has 1 aromatic rings. The number of anilines is 1. The second kappa shape index (κ2) is 5.51. The summed E-state index contributed by atoms with van der Waals surface area (Å²) in [5.74, 6) is 0.915. The average molecular weight is 279 g/mol. The molecule has 0 bridgehead atoms. The van der Waals surface area contributed by atoms with Crippen LogP contribution in [-0.4, -0.2) is 25.5 Å². The summed E-state index contributed by atoms with van der Waals surface area (Å²) in [5, 5.41) is 4.13. The minimum Gasteiger partial charge on any atom is -0.316 e. The molecule has 19 heavy (non-hydrogen) atoms. The highest BCUT2D eigenvalue weighted by Gasteiger charge is 2.26. The number of carbonyl (C=O) groups is 1. The van der Waals surface area contributed by atoms with Gasteiger partial charge in [-0.05, 0) is 56.0 Å². The predicted octanol–water partition coefficient (Wildman–Crippen LogP) is 2.62. The van der Waals surface area contributed by atoms with Crippen molar-refractivity contribution in [3.63, 3.8) is 0 Å². The Balaban J connectivity index is 1.64. The van der Waals surface area contributed by atoms with Gasteiger partial charge in [-0.1, -0.05) is 17.7 Å². The third kappa shape index (κ3) is 2.63. The molecule has 1 N–H and O–H groups in total. The summed E-state index contributed by atoms with van der Waals surface area (Å²) >= 11 is 6.17. The standard InChI is InChI=1S/C15H19ClN2O/c16-13-2-1-3-14-12(13)7-9-18(14)15(19)5-4-11-6-8-17-10-11/h1-3,11,17H,4-10H2. The molecule has 0 aliphatic carbocycles. The van der Waals surface area contributed by atoms with Crippen molar-refractivity contribution < 1.29 is 4.79 Å². The number of carbonyl (C=O) groups excluding carboxylic acids is 1. The highest BCUT2D eigenvalue weighted by molar-refractivity contribution is 6.32. The summed E-state index contributed by atoms with van der Waals surface area (Å²) in [6, 6.07) is 5.83. The molecule has 1 unspecified atom stereocenters. The molecule has 0 spiro atoms. The fraction of sp³-hybridized carbons (Fsp3) is 0.533. The number of hydrogen-bond donors (Lipinski definition) is 1. The van der Waals surface area contributed by atoms with Gasteiger partial charge in [0.15, 0.2) is 0 Å². The van der Waals surface area contributed by atoms with Gasteiger partial charge >= 0.3 is 0 Å². The van der Waals surface area contributed by atoms with E-state index in [1.54, 1.807) is 0 Å². The van der Waals surface area contributed by atoms with Crippen molar-refractivity contribution in [3.8, 4) is 0 Å². The van der Waals surface area contributed by atoms with E-state index in [0.29, 0.717) is 12.3 Å². The van der Waals surface area contributed by atoms with Crippen LogP contribution in [0.3, 0.4) is 0 Å².